The molecule has 2 aliphatic heterocycles. The largest absolute Gasteiger partial charge is 0.377 e. The number of hydrogen-bond donors (Lipinski definition) is 1. The van der Waals surface area contributed by atoms with Crippen molar-refractivity contribution in [3.63, 3.8) is 0 Å². The van der Waals surface area contributed by atoms with Crippen LogP contribution in [0.15, 0.2) is 35.3 Å². The Hall–Kier alpha value is -0.900. The van der Waals surface area contributed by atoms with E-state index in [0.29, 0.717) is 31.8 Å². The minimum atomic E-state index is 0. The van der Waals surface area contributed by atoms with Crippen LogP contribution in [0.4, 0.5) is 0 Å². The number of hydrogen-bond acceptors (Lipinski definition) is 4. The number of nitrogens with zero attached hydrogens (tertiary/aromatic N) is 2. The van der Waals surface area contributed by atoms with E-state index in [1.54, 1.807) is 0 Å². The topological polar surface area (TPSA) is 55.3 Å². The highest BCUT2D eigenvalue weighted by Crippen LogP contribution is 2.17. The summed E-state index contributed by atoms with van der Waals surface area (Å²) in [6, 6.07) is 10.3. The molecule has 1 N–H and O–H groups in total. The fourth-order valence-corrected chi connectivity index (χ4v) is 3.64. The van der Waals surface area contributed by atoms with Gasteiger partial charge in [-0.3, -0.25) is 4.99 Å². The van der Waals surface area contributed by atoms with Gasteiger partial charge < -0.3 is 24.4 Å². The number of aliphatic imine (C=N–C) groups is 1. The molecule has 7 heteroatoms. The molecule has 1 aromatic carbocycles. The molecule has 0 radical (unpaired) electrons. The first-order valence-electron chi connectivity index (χ1n) is 10.1. The normalized spacial score (nSPS) is 22.3. The fraction of sp³-hybridized carbons (Fsp3) is 0.667. The van der Waals surface area contributed by atoms with Crippen molar-refractivity contribution in [3.05, 3.63) is 35.9 Å². The van der Waals surface area contributed by atoms with Crippen molar-refractivity contribution < 1.29 is 14.2 Å². The van der Waals surface area contributed by atoms with Gasteiger partial charge in [-0.2, -0.15) is 0 Å². The van der Waals surface area contributed by atoms with Gasteiger partial charge in [0.25, 0.3) is 0 Å². The van der Waals surface area contributed by atoms with E-state index in [1.807, 2.05) is 13.1 Å². The Balaban J connectivity index is 0.00000280. The summed E-state index contributed by atoms with van der Waals surface area (Å²) in [7, 11) is 1.84. The number of ether oxygens (including phenoxy) is 3. The van der Waals surface area contributed by atoms with Gasteiger partial charge >= 0.3 is 0 Å². The van der Waals surface area contributed by atoms with Gasteiger partial charge in [-0.05, 0) is 24.8 Å². The van der Waals surface area contributed by atoms with E-state index >= 15 is 0 Å². The number of halogens is 1. The molecule has 0 amide bonds. The Kier molecular flexibility index (Phi) is 11.1. The van der Waals surface area contributed by atoms with Gasteiger partial charge in [-0.1, -0.05) is 30.3 Å². The molecule has 28 heavy (non-hydrogen) atoms. The predicted molar refractivity (Wildman–Crippen MR) is 122 cm³/mol. The van der Waals surface area contributed by atoms with Crippen LogP contribution >= 0.6 is 24.0 Å². The lowest BCUT2D eigenvalue weighted by Crippen LogP contribution is -2.41. The first-order chi connectivity index (χ1) is 13.3. The van der Waals surface area contributed by atoms with Crippen LogP contribution in [0.2, 0.25) is 0 Å². The SMILES string of the molecule is CN=C(NCCOCC1CCCO1)N1CCC(COCc2ccccc2)C1.I. The molecule has 0 aromatic heterocycles. The third-order valence-corrected chi connectivity index (χ3v) is 5.12. The van der Waals surface area contributed by atoms with Crippen molar-refractivity contribution in [2.75, 3.05) is 53.1 Å². The van der Waals surface area contributed by atoms with Crippen molar-refractivity contribution in [2.45, 2.75) is 32.0 Å². The van der Waals surface area contributed by atoms with Gasteiger partial charge in [-0.25, -0.2) is 0 Å². The molecule has 3 rings (SSSR count). The Morgan fingerprint density at radius 2 is 2.07 bits per heavy atom. The van der Waals surface area contributed by atoms with Gasteiger partial charge in [-0.15, -0.1) is 24.0 Å². The van der Waals surface area contributed by atoms with Crippen LogP contribution in [0.5, 0.6) is 0 Å². The number of benzene rings is 1. The molecule has 2 unspecified atom stereocenters. The zero-order chi connectivity index (χ0) is 18.7. The van der Waals surface area contributed by atoms with Crippen LogP contribution < -0.4 is 5.32 Å². The summed E-state index contributed by atoms with van der Waals surface area (Å²) in [5.74, 6) is 1.52. The lowest BCUT2D eigenvalue weighted by Gasteiger charge is -2.22. The van der Waals surface area contributed by atoms with Gasteiger partial charge in [0.1, 0.15) is 0 Å². The lowest BCUT2D eigenvalue weighted by molar-refractivity contribution is 0.0190. The molecule has 1 aromatic rings. The molecule has 2 fully saturated rings. The fourth-order valence-electron chi connectivity index (χ4n) is 3.64. The van der Waals surface area contributed by atoms with Crippen molar-refractivity contribution in [1.82, 2.24) is 10.2 Å². The molecule has 2 aliphatic rings. The Bertz CT molecular complexity index is 567. The second kappa shape index (κ2) is 13.3. The minimum Gasteiger partial charge on any atom is -0.377 e. The summed E-state index contributed by atoms with van der Waals surface area (Å²) in [6.45, 7) is 6.52. The van der Waals surface area contributed by atoms with Crippen LogP contribution in [0, 0.1) is 5.92 Å². The summed E-state index contributed by atoms with van der Waals surface area (Å²) in [6.07, 6.45) is 3.71. The van der Waals surface area contributed by atoms with E-state index in [9.17, 15) is 0 Å². The van der Waals surface area contributed by atoms with Crippen molar-refractivity contribution in [1.29, 1.82) is 0 Å². The number of nitrogens with one attached hydrogen (secondary N) is 1. The first-order valence-corrected chi connectivity index (χ1v) is 10.1. The van der Waals surface area contributed by atoms with Crippen LogP contribution in [0.1, 0.15) is 24.8 Å². The molecule has 2 heterocycles. The third-order valence-electron chi connectivity index (χ3n) is 5.12. The highest BCUT2D eigenvalue weighted by Gasteiger charge is 2.25. The molecular weight excluding hydrogens is 469 g/mol. The van der Waals surface area contributed by atoms with Crippen molar-refractivity contribution in [2.24, 2.45) is 10.9 Å². The minimum absolute atomic E-state index is 0. The Morgan fingerprint density at radius 3 is 2.82 bits per heavy atom. The maximum atomic E-state index is 5.91. The Morgan fingerprint density at radius 1 is 1.21 bits per heavy atom. The van der Waals surface area contributed by atoms with Crippen LogP contribution in [-0.4, -0.2) is 70.1 Å². The summed E-state index contributed by atoms with van der Waals surface area (Å²) >= 11 is 0. The average molecular weight is 503 g/mol. The molecule has 0 spiro atoms. The molecule has 158 valence electrons. The zero-order valence-electron chi connectivity index (χ0n) is 16.8. The maximum Gasteiger partial charge on any atom is 0.193 e. The molecule has 6 nitrogen and oxygen atoms in total. The molecule has 0 aliphatic carbocycles. The third kappa shape index (κ3) is 7.85. The van der Waals surface area contributed by atoms with E-state index in [1.165, 1.54) is 5.56 Å². The molecule has 0 bridgehead atoms. The molecular formula is C21H34IN3O3. The van der Waals surface area contributed by atoms with Crippen LogP contribution in [0.25, 0.3) is 0 Å². The second-order valence-electron chi connectivity index (χ2n) is 7.29. The summed E-state index contributed by atoms with van der Waals surface area (Å²) in [5, 5.41) is 3.41. The number of rotatable bonds is 9. The van der Waals surface area contributed by atoms with Crippen LogP contribution in [-0.2, 0) is 20.8 Å². The van der Waals surface area contributed by atoms with Gasteiger partial charge in [0.05, 0.1) is 32.5 Å². The average Bonchev–Trinajstić information content (AvgIpc) is 3.38. The van der Waals surface area contributed by atoms with E-state index in [4.69, 9.17) is 14.2 Å². The van der Waals surface area contributed by atoms with Gasteiger partial charge in [0.15, 0.2) is 5.96 Å². The van der Waals surface area contributed by atoms with E-state index < -0.39 is 0 Å². The highest BCUT2D eigenvalue weighted by atomic mass is 127. The van der Waals surface area contributed by atoms with Crippen LogP contribution in [0.3, 0.4) is 0 Å². The first kappa shape index (κ1) is 23.4. The highest BCUT2D eigenvalue weighted by molar-refractivity contribution is 14.0. The van der Waals surface area contributed by atoms with E-state index in [-0.39, 0.29) is 24.0 Å². The zero-order valence-corrected chi connectivity index (χ0v) is 19.2. The summed E-state index contributed by atoms with van der Waals surface area (Å²) in [5.41, 5.74) is 1.23. The van der Waals surface area contributed by atoms with Crippen molar-refractivity contribution in [3.8, 4) is 0 Å². The molecule has 0 saturated carbocycles. The standard InChI is InChI=1S/C21H33N3O3.HI/c1-22-21(23-10-13-25-17-20-8-5-12-27-20)24-11-9-19(14-24)16-26-15-18-6-3-2-4-7-18;/h2-4,6-7,19-20H,5,8-17H2,1H3,(H,22,23);1H. The molecule has 2 saturated heterocycles. The second-order valence-corrected chi connectivity index (χ2v) is 7.29. The van der Waals surface area contributed by atoms with E-state index in [0.717, 1.165) is 58.1 Å². The van der Waals surface area contributed by atoms with Crippen molar-refractivity contribution >= 4 is 29.9 Å². The summed E-state index contributed by atoms with van der Waals surface area (Å²) < 4.78 is 17.2. The number of likely N-dealkylation sites (tertiary alicyclic amines) is 1. The lowest BCUT2D eigenvalue weighted by atomic mass is 10.1. The maximum absolute atomic E-state index is 5.91. The Labute approximate surface area is 186 Å². The smallest absolute Gasteiger partial charge is 0.193 e. The van der Waals surface area contributed by atoms with Gasteiger partial charge in [0.2, 0.25) is 0 Å². The quantitative estimate of drug-likeness (QED) is 0.243. The predicted octanol–water partition coefficient (Wildman–Crippen LogP) is 2.91. The molecule has 2 atom stereocenters. The summed E-state index contributed by atoms with van der Waals surface area (Å²) in [4.78, 5) is 6.73. The van der Waals surface area contributed by atoms with Gasteiger partial charge in [0, 0.05) is 39.2 Å². The number of guanidine groups is 1. The monoisotopic (exact) mass is 503 g/mol. The van der Waals surface area contributed by atoms with E-state index in [2.05, 4.69) is 39.5 Å².